The normalized spacial score (nSPS) is 19.5. The second-order valence-electron chi connectivity index (χ2n) is 7.46. The molecule has 0 bridgehead atoms. The van der Waals surface area contributed by atoms with Gasteiger partial charge in [0, 0.05) is 25.9 Å². The highest BCUT2D eigenvalue weighted by Crippen LogP contribution is 2.26. The van der Waals surface area contributed by atoms with E-state index in [1.807, 2.05) is 0 Å². The van der Waals surface area contributed by atoms with E-state index in [-0.39, 0.29) is 6.10 Å². The maximum atomic E-state index is 6.34. The third kappa shape index (κ3) is 10.4. The molecule has 0 spiro atoms. The summed E-state index contributed by atoms with van der Waals surface area (Å²) in [4.78, 5) is 0. The van der Waals surface area contributed by atoms with Gasteiger partial charge in [0.05, 0.1) is 19.3 Å². The molecule has 0 N–H and O–H groups in total. The molecule has 3 unspecified atom stereocenters. The van der Waals surface area contributed by atoms with Crippen molar-refractivity contribution in [2.24, 2.45) is 5.92 Å². The number of ether oxygens (including phenoxy) is 2. The standard InChI is InChI=1S/C20H42O5Si/c1-6-9-12-23-26(24-13-10-7-2,25-14-11-8-3)17-18(4)19(5)21-15-20-16-22-20/h18-20H,6-17H2,1-5H3. The zero-order chi connectivity index (χ0) is 19.3. The Hall–Kier alpha value is 0.0169. The molecule has 3 atom stereocenters. The van der Waals surface area contributed by atoms with Gasteiger partial charge in [-0.25, -0.2) is 0 Å². The zero-order valence-electron chi connectivity index (χ0n) is 17.8. The van der Waals surface area contributed by atoms with Crippen molar-refractivity contribution in [3.05, 3.63) is 0 Å². The summed E-state index contributed by atoms with van der Waals surface area (Å²) >= 11 is 0. The van der Waals surface area contributed by atoms with E-state index in [4.69, 9.17) is 22.8 Å². The Balaban J connectivity index is 2.66. The summed E-state index contributed by atoms with van der Waals surface area (Å²) in [5.41, 5.74) is 0. The topological polar surface area (TPSA) is 49.5 Å². The van der Waals surface area contributed by atoms with Crippen molar-refractivity contribution in [3.8, 4) is 0 Å². The van der Waals surface area contributed by atoms with Crippen LogP contribution in [0, 0.1) is 5.92 Å². The lowest BCUT2D eigenvalue weighted by Crippen LogP contribution is -2.49. The maximum absolute atomic E-state index is 6.34. The lowest BCUT2D eigenvalue weighted by atomic mass is 10.1. The third-order valence-electron chi connectivity index (χ3n) is 4.78. The van der Waals surface area contributed by atoms with E-state index in [0.717, 1.165) is 71.0 Å². The number of hydrogen-bond donors (Lipinski definition) is 0. The van der Waals surface area contributed by atoms with Gasteiger partial charge in [0.15, 0.2) is 0 Å². The molecule has 1 fully saturated rings. The minimum atomic E-state index is -2.68. The van der Waals surface area contributed by atoms with Gasteiger partial charge in [0.1, 0.15) is 6.10 Å². The van der Waals surface area contributed by atoms with Crippen LogP contribution in [0.25, 0.3) is 0 Å². The highest BCUT2D eigenvalue weighted by molar-refractivity contribution is 6.60. The third-order valence-corrected chi connectivity index (χ3v) is 7.86. The Bertz CT molecular complexity index is 312. The van der Waals surface area contributed by atoms with E-state index in [9.17, 15) is 0 Å². The van der Waals surface area contributed by atoms with Gasteiger partial charge in [0.2, 0.25) is 0 Å². The van der Waals surface area contributed by atoms with E-state index in [1.165, 1.54) is 0 Å². The van der Waals surface area contributed by atoms with Gasteiger partial charge in [0.25, 0.3) is 0 Å². The molecule has 6 heteroatoms. The van der Waals surface area contributed by atoms with Crippen LogP contribution in [0.1, 0.15) is 73.1 Å². The molecule has 0 amide bonds. The molecule has 1 saturated heterocycles. The summed E-state index contributed by atoms with van der Waals surface area (Å²) in [6, 6.07) is 0.816. The molecule has 1 rings (SSSR count). The van der Waals surface area contributed by atoms with Crippen LogP contribution < -0.4 is 0 Å². The van der Waals surface area contributed by atoms with Crippen LogP contribution >= 0.6 is 0 Å². The van der Waals surface area contributed by atoms with Crippen molar-refractivity contribution >= 4 is 8.80 Å². The first-order valence-corrected chi connectivity index (χ1v) is 12.6. The Morgan fingerprint density at radius 3 is 1.73 bits per heavy atom. The molecule has 0 aromatic heterocycles. The summed E-state index contributed by atoms with van der Waals surface area (Å²) in [7, 11) is -2.68. The van der Waals surface area contributed by atoms with Crippen molar-refractivity contribution in [2.45, 2.75) is 91.4 Å². The largest absolute Gasteiger partial charge is 0.501 e. The summed E-state index contributed by atoms with van der Waals surface area (Å²) in [6.07, 6.45) is 6.92. The van der Waals surface area contributed by atoms with Crippen molar-refractivity contribution in [1.82, 2.24) is 0 Å². The molecule has 0 aromatic rings. The highest BCUT2D eigenvalue weighted by atomic mass is 28.4. The van der Waals surface area contributed by atoms with Gasteiger partial charge in [-0.1, -0.05) is 47.0 Å². The Kier molecular flexibility index (Phi) is 13.0. The number of unbranched alkanes of at least 4 members (excludes halogenated alkanes) is 3. The minimum absolute atomic E-state index is 0.144. The predicted octanol–water partition coefficient (Wildman–Crippen LogP) is 4.82. The van der Waals surface area contributed by atoms with Crippen LogP contribution in [-0.4, -0.2) is 54.0 Å². The molecule has 156 valence electrons. The fourth-order valence-electron chi connectivity index (χ4n) is 2.57. The van der Waals surface area contributed by atoms with Crippen LogP contribution in [0.5, 0.6) is 0 Å². The monoisotopic (exact) mass is 390 g/mol. The first kappa shape index (κ1) is 24.1. The molecule has 1 heterocycles. The summed E-state index contributed by atoms with van der Waals surface area (Å²) in [5.74, 6) is 0.324. The lowest BCUT2D eigenvalue weighted by Gasteiger charge is -2.33. The molecule has 0 aliphatic carbocycles. The maximum Gasteiger partial charge on any atom is 0.501 e. The Labute approximate surface area is 162 Å². The molecular formula is C20H42O5Si. The van der Waals surface area contributed by atoms with Gasteiger partial charge in [-0.3, -0.25) is 0 Å². The Morgan fingerprint density at radius 1 is 0.885 bits per heavy atom. The molecule has 0 radical (unpaired) electrons. The first-order valence-electron chi connectivity index (χ1n) is 10.7. The molecule has 1 aliphatic heterocycles. The van der Waals surface area contributed by atoms with Crippen LogP contribution in [0.15, 0.2) is 0 Å². The summed E-state index contributed by atoms with van der Waals surface area (Å²) in [5, 5.41) is 0. The molecular weight excluding hydrogens is 348 g/mol. The smallest absolute Gasteiger partial charge is 0.375 e. The molecule has 0 aromatic carbocycles. The minimum Gasteiger partial charge on any atom is -0.375 e. The average molecular weight is 391 g/mol. The van der Waals surface area contributed by atoms with Gasteiger partial charge < -0.3 is 22.8 Å². The predicted molar refractivity (Wildman–Crippen MR) is 107 cm³/mol. The average Bonchev–Trinajstić information content (AvgIpc) is 3.44. The fraction of sp³-hybridized carbons (Fsp3) is 1.00. The van der Waals surface area contributed by atoms with Crippen molar-refractivity contribution in [1.29, 1.82) is 0 Å². The second kappa shape index (κ2) is 14.1. The molecule has 26 heavy (non-hydrogen) atoms. The Morgan fingerprint density at radius 2 is 1.35 bits per heavy atom. The van der Waals surface area contributed by atoms with E-state index >= 15 is 0 Å². The quantitative estimate of drug-likeness (QED) is 0.191. The zero-order valence-corrected chi connectivity index (χ0v) is 18.8. The van der Waals surface area contributed by atoms with Crippen molar-refractivity contribution < 1.29 is 22.8 Å². The number of hydrogen-bond acceptors (Lipinski definition) is 5. The highest BCUT2D eigenvalue weighted by Gasteiger charge is 2.43. The van der Waals surface area contributed by atoms with Crippen LogP contribution in [-0.2, 0) is 22.8 Å². The molecule has 5 nitrogen and oxygen atoms in total. The number of epoxide rings is 1. The molecule has 1 aliphatic rings. The van der Waals surface area contributed by atoms with Gasteiger partial charge in [-0.2, -0.15) is 0 Å². The van der Waals surface area contributed by atoms with E-state index in [0.29, 0.717) is 18.6 Å². The lowest BCUT2D eigenvalue weighted by molar-refractivity contribution is 0.0103. The number of rotatable bonds is 18. The van der Waals surface area contributed by atoms with Gasteiger partial charge in [-0.05, 0) is 32.1 Å². The molecule has 0 saturated carbocycles. The SMILES string of the molecule is CCCCO[Si](CC(C)C(C)OCC1CO1)(OCCCC)OCCCC. The van der Waals surface area contributed by atoms with E-state index in [2.05, 4.69) is 34.6 Å². The van der Waals surface area contributed by atoms with E-state index < -0.39 is 8.80 Å². The summed E-state index contributed by atoms with van der Waals surface area (Å²) < 4.78 is 30.2. The second-order valence-corrected chi connectivity index (χ2v) is 10.1. The van der Waals surface area contributed by atoms with Gasteiger partial charge in [-0.15, -0.1) is 0 Å². The van der Waals surface area contributed by atoms with Crippen LogP contribution in [0.4, 0.5) is 0 Å². The van der Waals surface area contributed by atoms with Crippen LogP contribution in [0.3, 0.4) is 0 Å². The van der Waals surface area contributed by atoms with Gasteiger partial charge >= 0.3 is 8.80 Å². The first-order chi connectivity index (χ1) is 12.6. The summed E-state index contributed by atoms with van der Waals surface area (Å²) in [6.45, 7) is 14.6. The van der Waals surface area contributed by atoms with Crippen molar-refractivity contribution in [3.63, 3.8) is 0 Å². The van der Waals surface area contributed by atoms with Crippen molar-refractivity contribution in [2.75, 3.05) is 33.0 Å². The van der Waals surface area contributed by atoms with E-state index in [1.54, 1.807) is 0 Å². The van der Waals surface area contributed by atoms with Crippen LogP contribution in [0.2, 0.25) is 6.04 Å². The fourth-order valence-corrected chi connectivity index (χ4v) is 5.66.